The van der Waals surface area contributed by atoms with E-state index in [0.717, 1.165) is 26.2 Å². The highest BCUT2D eigenvalue weighted by Gasteiger charge is 2.15. The van der Waals surface area contributed by atoms with Gasteiger partial charge in [0.15, 0.2) is 0 Å². The first-order chi connectivity index (χ1) is 5.34. The Hall–Kier alpha value is -0.190. The summed E-state index contributed by atoms with van der Waals surface area (Å²) in [4.78, 5) is 12.8. The van der Waals surface area contributed by atoms with Crippen LogP contribution in [0.2, 0.25) is 0 Å². The van der Waals surface area contributed by atoms with Crippen molar-refractivity contribution in [2.45, 2.75) is 6.92 Å². The summed E-state index contributed by atoms with van der Waals surface area (Å²) in [6, 6.07) is 0. The van der Waals surface area contributed by atoms with E-state index in [1.165, 1.54) is 0 Å². The molecular weight excluding hydrogens is 215 g/mol. The SMILES string of the molecule is CCOC(=O)N1CCNCC1.Cl.Cl. The smallest absolute Gasteiger partial charge is 0.409 e. The Kier molecular flexibility index (Phi) is 9.89. The van der Waals surface area contributed by atoms with E-state index < -0.39 is 0 Å². The standard InChI is InChI=1S/C7H14N2O2.2ClH/c1-2-11-7(10)9-5-3-8-4-6-9;;/h8H,2-6H2,1H3;2*1H. The summed E-state index contributed by atoms with van der Waals surface area (Å²) in [6.07, 6.45) is -0.186. The number of amides is 1. The van der Waals surface area contributed by atoms with Gasteiger partial charge in [-0.25, -0.2) is 4.79 Å². The van der Waals surface area contributed by atoms with Crippen LogP contribution in [0.25, 0.3) is 0 Å². The number of carbonyl (C=O) groups excluding carboxylic acids is 1. The lowest BCUT2D eigenvalue weighted by Crippen LogP contribution is -2.46. The van der Waals surface area contributed by atoms with Crippen molar-refractivity contribution in [3.63, 3.8) is 0 Å². The number of halogens is 2. The van der Waals surface area contributed by atoms with Crippen LogP contribution in [-0.2, 0) is 4.74 Å². The van der Waals surface area contributed by atoms with Gasteiger partial charge in [-0.15, -0.1) is 24.8 Å². The molecule has 0 aliphatic carbocycles. The van der Waals surface area contributed by atoms with Gasteiger partial charge in [0, 0.05) is 26.2 Å². The van der Waals surface area contributed by atoms with Crippen molar-refractivity contribution in [2.75, 3.05) is 32.8 Å². The Morgan fingerprint density at radius 1 is 1.38 bits per heavy atom. The fraction of sp³-hybridized carbons (Fsp3) is 0.857. The molecule has 1 aliphatic heterocycles. The molecule has 1 heterocycles. The quantitative estimate of drug-likeness (QED) is 0.728. The van der Waals surface area contributed by atoms with Crippen molar-refractivity contribution in [1.82, 2.24) is 10.2 Å². The normalized spacial score (nSPS) is 15.3. The molecule has 0 spiro atoms. The molecule has 6 heteroatoms. The zero-order valence-corrected chi connectivity index (χ0v) is 9.25. The Labute approximate surface area is 90.8 Å². The van der Waals surface area contributed by atoms with Crippen molar-refractivity contribution in [3.8, 4) is 0 Å². The molecule has 1 aliphatic rings. The summed E-state index contributed by atoms with van der Waals surface area (Å²) >= 11 is 0. The van der Waals surface area contributed by atoms with Crippen molar-refractivity contribution in [1.29, 1.82) is 0 Å². The number of piperazine rings is 1. The predicted molar refractivity (Wildman–Crippen MR) is 56.0 cm³/mol. The van der Waals surface area contributed by atoms with Crippen LogP contribution in [0.5, 0.6) is 0 Å². The number of ether oxygens (including phenoxy) is 1. The first kappa shape index (κ1) is 15.3. The van der Waals surface area contributed by atoms with Crippen molar-refractivity contribution in [3.05, 3.63) is 0 Å². The minimum atomic E-state index is -0.186. The van der Waals surface area contributed by atoms with Crippen molar-refractivity contribution in [2.24, 2.45) is 0 Å². The van der Waals surface area contributed by atoms with Gasteiger partial charge in [-0.1, -0.05) is 0 Å². The van der Waals surface area contributed by atoms with E-state index in [2.05, 4.69) is 5.32 Å². The second-order valence-electron chi connectivity index (χ2n) is 2.44. The summed E-state index contributed by atoms with van der Waals surface area (Å²) in [6.45, 7) is 5.55. The highest BCUT2D eigenvalue weighted by atomic mass is 35.5. The van der Waals surface area contributed by atoms with Gasteiger partial charge in [0.25, 0.3) is 0 Å². The van der Waals surface area contributed by atoms with Crippen LogP contribution in [-0.4, -0.2) is 43.8 Å². The Balaban J connectivity index is 0. The molecule has 0 atom stereocenters. The zero-order chi connectivity index (χ0) is 8.10. The predicted octanol–water partition coefficient (Wildman–Crippen LogP) is 0.892. The fourth-order valence-electron chi connectivity index (χ4n) is 1.06. The molecular formula is C7H16Cl2N2O2. The third-order valence-electron chi connectivity index (χ3n) is 1.64. The Morgan fingerprint density at radius 3 is 2.38 bits per heavy atom. The second kappa shape index (κ2) is 8.41. The van der Waals surface area contributed by atoms with Gasteiger partial charge in [0.05, 0.1) is 6.61 Å². The molecule has 1 rings (SSSR count). The van der Waals surface area contributed by atoms with Gasteiger partial charge in [0.1, 0.15) is 0 Å². The van der Waals surface area contributed by atoms with Crippen LogP contribution in [0, 0.1) is 0 Å². The van der Waals surface area contributed by atoms with E-state index in [-0.39, 0.29) is 30.9 Å². The molecule has 0 aromatic carbocycles. The minimum Gasteiger partial charge on any atom is -0.450 e. The van der Waals surface area contributed by atoms with Gasteiger partial charge >= 0.3 is 6.09 Å². The van der Waals surface area contributed by atoms with Gasteiger partial charge in [-0.05, 0) is 6.92 Å². The summed E-state index contributed by atoms with van der Waals surface area (Å²) in [5.41, 5.74) is 0. The fourth-order valence-corrected chi connectivity index (χ4v) is 1.06. The lowest BCUT2D eigenvalue weighted by molar-refractivity contribution is 0.102. The highest BCUT2D eigenvalue weighted by molar-refractivity contribution is 5.85. The summed E-state index contributed by atoms with van der Waals surface area (Å²) in [5, 5.41) is 3.16. The lowest BCUT2D eigenvalue weighted by atomic mass is 10.4. The Morgan fingerprint density at radius 2 is 1.92 bits per heavy atom. The number of nitrogens with zero attached hydrogens (tertiary/aromatic N) is 1. The van der Waals surface area contributed by atoms with Crippen LogP contribution in [0.1, 0.15) is 6.92 Å². The largest absolute Gasteiger partial charge is 0.450 e. The van der Waals surface area contributed by atoms with Crippen molar-refractivity contribution >= 4 is 30.9 Å². The molecule has 0 bridgehead atoms. The maximum atomic E-state index is 11.1. The first-order valence-corrected chi connectivity index (χ1v) is 3.97. The van der Waals surface area contributed by atoms with E-state index in [9.17, 15) is 4.79 Å². The van der Waals surface area contributed by atoms with Gasteiger partial charge < -0.3 is 15.0 Å². The van der Waals surface area contributed by atoms with E-state index in [1.807, 2.05) is 6.92 Å². The van der Waals surface area contributed by atoms with Crippen LogP contribution in [0.4, 0.5) is 4.79 Å². The van der Waals surface area contributed by atoms with Gasteiger partial charge in [0.2, 0.25) is 0 Å². The average molecular weight is 231 g/mol. The van der Waals surface area contributed by atoms with Gasteiger partial charge in [-0.3, -0.25) is 0 Å². The number of hydrogen-bond donors (Lipinski definition) is 1. The zero-order valence-electron chi connectivity index (χ0n) is 7.62. The van der Waals surface area contributed by atoms with Crippen LogP contribution < -0.4 is 5.32 Å². The third-order valence-corrected chi connectivity index (χ3v) is 1.64. The molecule has 80 valence electrons. The number of rotatable bonds is 1. The summed E-state index contributed by atoms with van der Waals surface area (Å²) < 4.78 is 4.84. The highest BCUT2D eigenvalue weighted by Crippen LogP contribution is 1.95. The summed E-state index contributed by atoms with van der Waals surface area (Å²) in [5.74, 6) is 0. The molecule has 0 aromatic heterocycles. The maximum Gasteiger partial charge on any atom is 0.409 e. The third kappa shape index (κ3) is 5.18. The number of hydrogen-bond acceptors (Lipinski definition) is 3. The minimum absolute atomic E-state index is 0. The Bertz CT molecular complexity index is 140. The number of carbonyl (C=O) groups is 1. The maximum absolute atomic E-state index is 11.1. The van der Waals surface area contributed by atoms with E-state index in [1.54, 1.807) is 4.90 Å². The molecule has 0 radical (unpaired) electrons. The van der Waals surface area contributed by atoms with Crippen LogP contribution >= 0.6 is 24.8 Å². The van der Waals surface area contributed by atoms with Crippen LogP contribution in [0.15, 0.2) is 0 Å². The van der Waals surface area contributed by atoms with E-state index in [0.29, 0.717) is 6.61 Å². The first-order valence-electron chi connectivity index (χ1n) is 3.97. The van der Waals surface area contributed by atoms with E-state index in [4.69, 9.17) is 4.74 Å². The molecule has 1 fully saturated rings. The molecule has 0 saturated carbocycles. The monoisotopic (exact) mass is 230 g/mol. The molecule has 13 heavy (non-hydrogen) atoms. The van der Waals surface area contributed by atoms with Crippen molar-refractivity contribution < 1.29 is 9.53 Å². The van der Waals surface area contributed by atoms with Gasteiger partial charge in [-0.2, -0.15) is 0 Å². The lowest BCUT2D eigenvalue weighted by Gasteiger charge is -2.26. The average Bonchev–Trinajstić information content (AvgIpc) is 2.07. The molecule has 1 N–H and O–H groups in total. The topological polar surface area (TPSA) is 41.6 Å². The van der Waals surface area contributed by atoms with Crippen LogP contribution in [0.3, 0.4) is 0 Å². The summed E-state index contributed by atoms with van der Waals surface area (Å²) in [7, 11) is 0. The molecule has 0 aromatic rings. The molecule has 1 saturated heterocycles. The molecule has 0 unspecified atom stereocenters. The molecule has 1 amide bonds. The second-order valence-corrected chi connectivity index (χ2v) is 2.44. The molecule has 4 nitrogen and oxygen atoms in total. The number of nitrogens with one attached hydrogen (secondary N) is 1. The van der Waals surface area contributed by atoms with E-state index >= 15 is 0 Å².